The van der Waals surface area contributed by atoms with Gasteiger partial charge >= 0.3 is 0 Å². The van der Waals surface area contributed by atoms with E-state index >= 15 is 0 Å². The van der Waals surface area contributed by atoms with Crippen molar-refractivity contribution >= 4 is 72.9 Å². The molecule has 0 aliphatic rings. The van der Waals surface area contributed by atoms with Crippen molar-refractivity contribution in [1.29, 1.82) is 0 Å². The van der Waals surface area contributed by atoms with Crippen molar-refractivity contribution in [2.24, 2.45) is 5.10 Å². The largest absolute Gasteiger partial charge is 0.487 e. The van der Waals surface area contributed by atoms with E-state index in [1.54, 1.807) is 18.3 Å². The van der Waals surface area contributed by atoms with Gasteiger partial charge in [0.2, 0.25) is 0 Å². The Morgan fingerprint density at radius 3 is 2.17 bits per heavy atom. The summed E-state index contributed by atoms with van der Waals surface area (Å²) in [6.07, 6.45) is 1.71. The van der Waals surface area contributed by atoms with Gasteiger partial charge in [-0.05, 0) is 79.4 Å². The molecule has 3 nitrogen and oxygen atoms in total. The minimum absolute atomic E-state index is 0.430. The van der Waals surface area contributed by atoms with Crippen LogP contribution in [0.25, 0.3) is 0 Å². The Labute approximate surface area is 201 Å². The minimum atomic E-state index is 0.430. The van der Waals surface area contributed by atoms with Gasteiger partial charge in [0.05, 0.1) is 21.7 Å². The van der Waals surface area contributed by atoms with E-state index in [0.717, 1.165) is 25.6 Å². The van der Waals surface area contributed by atoms with E-state index in [0.29, 0.717) is 34.0 Å². The van der Waals surface area contributed by atoms with Crippen LogP contribution in [0.3, 0.4) is 0 Å². The van der Waals surface area contributed by atoms with Crippen LogP contribution in [0.2, 0.25) is 15.1 Å². The normalized spacial score (nSPS) is 11.1. The number of nitrogens with zero attached hydrogens (tertiary/aromatic N) is 1. The van der Waals surface area contributed by atoms with Crippen molar-refractivity contribution < 1.29 is 4.74 Å². The molecule has 150 valence electrons. The molecule has 0 radical (unpaired) electrons. The summed E-state index contributed by atoms with van der Waals surface area (Å²) >= 11 is 25.3. The number of rotatable bonds is 7. The Hall–Kier alpha value is -1.24. The summed E-state index contributed by atoms with van der Waals surface area (Å²) in [5, 5.41) is 6.15. The van der Waals surface area contributed by atoms with E-state index in [9.17, 15) is 0 Å². The topological polar surface area (TPSA) is 33.6 Å². The number of hydrogen-bond donors (Lipinski definition) is 1. The summed E-state index contributed by atoms with van der Waals surface area (Å²) in [5.74, 6) is 0.716. The molecular weight excluding hydrogens is 562 g/mol. The monoisotopic (exact) mass is 574 g/mol. The summed E-state index contributed by atoms with van der Waals surface area (Å²) in [6.45, 7) is 0.863. The molecule has 3 rings (SSSR count). The molecule has 0 aliphatic heterocycles. The number of hydrazone groups is 1. The van der Waals surface area contributed by atoms with E-state index in [2.05, 4.69) is 42.4 Å². The van der Waals surface area contributed by atoms with E-state index < -0.39 is 0 Å². The van der Waals surface area contributed by atoms with E-state index in [1.165, 1.54) is 0 Å². The van der Waals surface area contributed by atoms with Gasteiger partial charge in [0.1, 0.15) is 12.4 Å². The van der Waals surface area contributed by atoms with Gasteiger partial charge in [-0.15, -0.1) is 0 Å². The van der Waals surface area contributed by atoms with Crippen LogP contribution in [0, 0.1) is 0 Å². The first-order valence-corrected chi connectivity index (χ1v) is 11.2. The van der Waals surface area contributed by atoms with Gasteiger partial charge in [0, 0.05) is 20.6 Å². The molecule has 0 unspecified atom stereocenters. The maximum absolute atomic E-state index is 6.16. The quantitative estimate of drug-likeness (QED) is 0.229. The third-order valence-electron chi connectivity index (χ3n) is 3.94. The first kappa shape index (κ1) is 22.4. The van der Waals surface area contributed by atoms with Crippen LogP contribution in [-0.4, -0.2) is 6.21 Å². The molecule has 29 heavy (non-hydrogen) atoms. The van der Waals surface area contributed by atoms with E-state index in [4.69, 9.17) is 39.5 Å². The lowest BCUT2D eigenvalue weighted by atomic mass is 10.2. The van der Waals surface area contributed by atoms with Crippen molar-refractivity contribution in [1.82, 2.24) is 5.43 Å². The van der Waals surface area contributed by atoms with Gasteiger partial charge in [0.25, 0.3) is 0 Å². The maximum Gasteiger partial charge on any atom is 0.148 e. The fourth-order valence-electron chi connectivity index (χ4n) is 2.47. The van der Waals surface area contributed by atoms with Crippen LogP contribution in [-0.2, 0) is 13.2 Å². The van der Waals surface area contributed by atoms with Gasteiger partial charge in [0.15, 0.2) is 0 Å². The molecule has 0 saturated carbocycles. The SMILES string of the molecule is Clc1ccc(COc2c(Br)cc(/C=N/NCc3c(Cl)cccc3Cl)cc2Br)cc1. The highest BCUT2D eigenvalue weighted by molar-refractivity contribution is 9.11. The molecule has 0 bridgehead atoms. The molecule has 1 N–H and O–H groups in total. The highest BCUT2D eigenvalue weighted by atomic mass is 79.9. The molecule has 0 aromatic heterocycles. The standard InChI is InChI=1S/C21H15Br2Cl3N2O/c22-17-8-14(10-27-28-11-16-19(25)2-1-3-20(16)26)9-18(23)21(17)29-12-13-4-6-15(24)7-5-13/h1-10,28H,11-12H2/b27-10+. The average Bonchev–Trinajstić information content (AvgIpc) is 2.68. The summed E-state index contributed by atoms with van der Waals surface area (Å²) in [4.78, 5) is 0. The summed E-state index contributed by atoms with van der Waals surface area (Å²) in [6, 6.07) is 16.8. The van der Waals surface area contributed by atoms with Crippen molar-refractivity contribution in [3.8, 4) is 5.75 Å². The molecule has 0 atom stereocenters. The van der Waals surface area contributed by atoms with Gasteiger partial charge in [-0.2, -0.15) is 5.10 Å². The molecule has 0 amide bonds. The predicted octanol–water partition coefficient (Wildman–Crippen LogP) is 7.87. The van der Waals surface area contributed by atoms with Crippen LogP contribution in [0.5, 0.6) is 5.75 Å². The van der Waals surface area contributed by atoms with E-state index in [1.807, 2.05) is 42.5 Å². The van der Waals surface area contributed by atoms with Crippen LogP contribution >= 0.6 is 66.7 Å². The smallest absolute Gasteiger partial charge is 0.148 e. The first-order chi connectivity index (χ1) is 13.9. The van der Waals surface area contributed by atoms with Crippen LogP contribution < -0.4 is 10.2 Å². The Balaban J connectivity index is 1.62. The Morgan fingerprint density at radius 2 is 1.55 bits per heavy atom. The van der Waals surface area contributed by atoms with Gasteiger partial charge in [-0.1, -0.05) is 53.0 Å². The van der Waals surface area contributed by atoms with Crippen molar-refractivity contribution in [2.75, 3.05) is 0 Å². The van der Waals surface area contributed by atoms with Gasteiger partial charge in [-0.3, -0.25) is 0 Å². The molecule has 8 heteroatoms. The maximum atomic E-state index is 6.16. The summed E-state index contributed by atoms with van der Waals surface area (Å²) in [5.41, 5.74) is 5.69. The lowest BCUT2D eigenvalue weighted by Gasteiger charge is -2.11. The molecule has 3 aromatic rings. The second-order valence-corrected chi connectivity index (χ2v) is 8.98. The number of benzene rings is 3. The highest BCUT2D eigenvalue weighted by Crippen LogP contribution is 2.35. The molecule has 0 aliphatic carbocycles. The average molecular weight is 578 g/mol. The molecule has 0 fully saturated rings. The van der Waals surface area contributed by atoms with Crippen LogP contribution in [0.1, 0.15) is 16.7 Å². The predicted molar refractivity (Wildman–Crippen MR) is 129 cm³/mol. The number of halogens is 5. The lowest BCUT2D eigenvalue weighted by Crippen LogP contribution is -2.06. The van der Waals surface area contributed by atoms with Gasteiger partial charge < -0.3 is 10.2 Å². The first-order valence-electron chi connectivity index (χ1n) is 8.49. The molecule has 0 heterocycles. The third kappa shape index (κ3) is 6.37. The molecule has 0 spiro atoms. The zero-order chi connectivity index (χ0) is 20.8. The Kier molecular flexibility index (Phi) is 8.27. The second-order valence-electron chi connectivity index (χ2n) is 6.02. The van der Waals surface area contributed by atoms with Crippen molar-refractivity contribution in [2.45, 2.75) is 13.2 Å². The molecular formula is C21H15Br2Cl3N2O. The summed E-state index contributed by atoms with van der Waals surface area (Å²) < 4.78 is 7.56. The van der Waals surface area contributed by atoms with Crippen molar-refractivity contribution in [3.05, 3.63) is 95.3 Å². The second kappa shape index (κ2) is 10.7. The Bertz CT molecular complexity index is 984. The number of nitrogens with one attached hydrogen (secondary N) is 1. The zero-order valence-electron chi connectivity index (χ0n) is 14.9. The Morgan fingerprint density at radius 1 is 0.931 bits per heavy atom. The fraction of sp³-hybridized carbons (Fsp3) is 0.0952. The third-order valence-corrected chi connectivity index (χ3v) is 6.08. The fourth-order valence-corrected chi connectivity index (χ4v) is 4.58. The van der Waals surface area contributed by atoms with Crippen LogP contribution in [0.4, 0.5) is 0 Å². The van der Waals surface area contributed by atoms with Crippen molar-refractivity contribution in [3.63, 3.8) is 0 Å². The minimum Gasteiger partial charge on any atom is -0.487 e. The number of hydrogen-bond acceptors (Lipinski definition) is 3. The number of ether oxygens (including phenoxy) is 1. The van der Waals surface area contributed by atoms with Gasteiger partial charge in [-0.25, -0.2) is 0 Å². The van der Waals surface area contributed by atoms with Crippen LogP contribution in [0.15, 0.2) is 68.6 Å². The summed E-state index contributed by atoms with van der Waals surface area (Å²) in [7, 11) is 0. The highest BCUT2D eigenvalue weighted by Gasteiger charge is 2.09. The molecule has 3 aromatic carbocycles. The molecule has 0 saturated heterocycles. The zero-order valence-corrected chi connectivity index (χ0v) is 20.4. The lowest BCUT2D eigenvalue weighted by molar-refractivity contribution is 0.302. The van der Waals surface area contributed by atoms with E-state index in [-0.39, 0.29) is 0 Å².